The Morgan fingerprint density at radius 1 is 0.358 bits per heavy atom. The van der Waals surface area contributed by atoms with E-state index in [1.807, 2.05) is 0 Å². The van der Waals surface area contributed by atoms with Crippen LogP contribution in [0, 0.1) is 20.8 Å². The molecule has 9 rings (SSSR count). The van der Waals surface area contributed by atoms with E-state index in [1.54, 1.807) is 0 Å². The molecule has 0 aliphatic carbocycles. The van der Waals surface area contributed by atoms with Crippen LogP contribution in [0.15, 0.2) is 188 Å². The monoisotopic (exact) mass is 680 g/mol. The van der Waals surface area contributed by atoms with Crippen molar-refractivity contribution in [3.05, 3.63) is 205 Å². The molecule has 0 spiro atoms. The Labute approximate surface area is 311 Å². The number of hydrogen-bond donors (Lipinski definition) is 0. The van der Waals surface area contributed by atoms with Gasteiger partial charge in [0.2, 0.25) is 0 Å². The van der Waals surface area contributed by atoms with Crippen LogP contribution in [0.4, 0.5) is 17.1 Å². The minimum atomic E-state index is 1.14. The van der Waals surface area contributed by atoms with Crippen LogP contribution in [-0.4, -0.2) is 4.57 Å². The molecule has 0 saturated carbocycles. The highest BCUT2D eigenvalue weighted by molar-refractivity contribution is 6.09. The van der Waals surface area contributed by atoms with Crippen LogP contribution >= 0.6 is 0 Å². The largest absolute Gasteiger partial charge is 0.310 e. The molecule has 0 amide bonds. The van der Waals surface area contributed by atoms with Gasteiger partial charge in [0.15, 0.2) is 0 Å². The van der Waals surface area contributed by atoms with Crippen molar-refractivity contribution in [2.45, 2.75) is 20.8 Å². The zero-order valence-corrected chi connectivity index (χ0v) is 30.3. The Morgan fingerprint density at radius 2 is 0.717 bits per heavy atom. The van der Waals surface area contributed by atoms with Crippen LogP contribution in [-0.2, 0) is 0 Å². The van der Waals surface area contributed by atoms with E-state index in [0.29, 0.717) is 0 Å². The van der Waals surface area contributed by atoms with Crippen LogP contribution in [0.25, 0.3) is 60.9 Å². The van der Waals surface area contributed by atoms with E-state index in [0.717, 1.165) is 11.4 Å². The predicted molar refractivity (Wildman–Crippen MR) is 226 cm³/mol. The number of para-hydroxylation sites is 2. The van der Waals surface area contributed by atoms with Crippen molar-refractivity contribution in [2.75, 3.05) is 4.90 Å². The fraction of sp³-hybridized carbons (Fsp3) is 0.0588. The molecule has 0 aliphatic heterocycles. The Hall–Kier alpha value is -6.64. The molecule has 0 radical (unpaired) electrons. The molecular weight excluding hydrogens is 641 g/mol. The quantitative estimate of drug-likeness (QED) is 0.163. The molecular formula is C51H40N2. The van der Waals surface area contributed by atoms with Crippen molar-refractivity contribution < 1.29 is 0 Å². The first-order valence-corrected chi connectivity index (χ1v) is 18.3. The number of rotatable bonds is 7. The highest BCUT2D eigenvalue weighted by Gasteiger charge is 2.18. The number of hydrogen-bond acceptors (Lipinski definition) is 1. The first-order valence-electron chi connectivity index (χ1n) is 18.3. The summed E-state index contributed by atoms with van der Waals surface area (Å²) in [6.07, 6.45) is 0. The summed E-state index contributed by atoms with van der Waals surface area (Å²) in [5, 5.41) is 2.56. The summed E-state index contributed by atoms with van der Waals surface area (Å²) in [4.78, 5) is 2.40. The molecule has 53 heavy (non-hydrogen) atoms. The Bertz CT molecular complexity index is 2620. The lowest BCUT2D eigenvalue weighted by molar-refractivity contribution is 1.18. The summed E-state index contributed by atoms with van der Waals surface area (Å²) in [6.45, 7) is 6.61. The summed E-state index contributed by atoms with van der Waals surface area (Å²) in [7, 11) is 0. The smallest absolute Gasteiger partial charge is 0.0541 e. The second-order valence-corrected chi connectivity index (χ2v) is 14.0. The van der Waals surface area contributed by atoms with Gasteiger partial charge < -0.3 is 9.47 Å². The Balaban J connectivity index is 1.00. The van der Waals surface area contributed by atoms with E-state index in [9.17, 15) is 0 Å². The second kappa shape index (κ2) is 13.5. The van der Waals surface area contributed by atoms with Crippen LogP contribution in [0.3, 0.4) is 0 Å². The van der Waals surface area contributed by atoms with Gasteiger partial charge in [-0.1, -0.05) is 145 Å². The lowest BCUT2D eigenvalue weighted by atomic mass is 9.99. The summed E-state index contributed by atoms with van der Waals surface area (Å²) in [5.74, 6) is 0. The highest BCUT2D eigenvalue weighted by atomic mass is 15.1. The summed E-state index contributed by atoms with van der Waals surface area (Å²) >= 11 is 0. The molecule has 0 atom stereocenters. The molecule has 0 fully saturated rings. The maximum absolute atomic E-state index is 2.40. The first kappa shape index (κ1) is 32.3. The molecule has 0 unspecified atom stereocenters. The van der Waals surface area contributed by atoms with Gasteiger partial charge >= 0.3 is 0 Å². The molecule has 2 heteroatoms. The van der Waals surface area contributed by atoms with Crippen LogP contribution < -0.4 is 4.90 Å². The van der Waals surface area contributed by atoms with E-state index in [-0.39, 0.29) is 0 Å². The summed E-state index contributed by atoms with van der Waals surface area (Å²) in [5.41, 5.74) is 18.2. The van der Waals surface area contributed by atoms with Gasteiger partial charge in [-0.3, -0.25) is 0 Å². The molecule has 254 valence electrons. The minimum absolute atomic E-state index is 1.14. The van der Waals surface area contributed by atoms with E-state index in [4.69, 9.17) is 0 Å². The van der Waals surface area contributed by atoms with Crippen molar-refractivity contribution in [2.24, 2.45) is 0 Å². The number of aryl methyl sites for hydroxylation is 3. The molecule has 9 aromatic rings. The molecule has 0 N–H and O–H groups in total. The van der Waals surface area contributed by atoms with Crippen LogP contribution in [0.1, 0.15) is 16.7 Å². The van der Waals surface area contributed by atoms with Gasteiger partial charge in [-0.2, -0.15) is 0 Å². The van der Waals surface area contributed by atoms with Gasteiger partial charge in [-0.05, 0) is 114 Å². The molecule has 0 bridgehead atoms. The second-order valence-electron chi connectivity index (χ2n) is 14.0. The molecule has 0 aliphatic rings. The SMILES string of the molecule is Cc1cc(C)c(N(c2ccc(-c3ccccc3)cc2)c2ccc(-c3ccc(-c4ccc(-n5c6ccccc6c6ccccc65)cc4)cc3)cc2)c(C)c1. The highest BCUT2D eigenvalue weighted by Crippen LogP contribution is 2.41. The third kappa shape index (κ3) is 5.99. The van der Waals surface area contributed by atoms with E-state index in [1.165, 1.54) is 83.3 Å². The third-order valence-corrected chi connectivity index (χ3v) is 10.5. The number of fused-ring (bicyclic) bond motifs is 3. The summed E-state index contributed by atoms with van der Waals surface area (Å²) < 4.78 is 2.36. The average Bonchev–Trinajstić information content (AvgIpc) is 3.54. The van der Waals surface area contributed by atoms with Gasteiger partial charge in [0.1, 0.15) is 0 Å². The molecule has 0 saturated heterocycles. The van der Waals surface area contributed by atoms with Crippen molar-refractivity contribution in [3.8, 4) is 39.1 Å². The van der Waals surface area contributed by atoms with Crippen molar-refractivity contribution >= 4 is 38.9 Å². The number of anilines is 3. The van der Waals surface area contributed by atoms with Crippen LogP contribution in [0.5, 0.6) is 0 Å². The first-order chi connectivity index (χ1) is 26.0. The fourth-order valence-corrected chi connectivity index (χ4v) is 8.03. The lowest BCUT2D eigenvalue weighted by Gasteiger charge is -2.29. The number of benzene rings is 8. The zero-order valence-electron chi connectivity index (χ0n) is 30.3. The number of aromatic nitrogens is 1. The zero-order chi connectivity index (χ0) is 35.9. The topological polar surface area (TPSA) is 8.17 Å². The van der Waals surface area contributed by atoms with E-state index < -0.39 is 0 Å². The van der Waals surface area contributed by atoms with Gasteiger partial charge in [-0.25, -0.2) is 0 Å². The predicted octanol–water partition coefficient (Wildman–Crippen LogP) is 14.2. The normalized spacial score (nSPS) is 11.3. The van der Waals surface area contributed by atoms with Gasteiger partial charge in [0.25, 0.3) is 0 Å². The lowest BCUT2D eigenvalue weighted by Crippen LogP contribution is -2.13. The maximum Gasteiger partial charge on any atom is 0.0541 e. The maximum atomic E-state index is 2.40. The van der Waals surface area contributed by atoms with Gasteiger partial charge in [0.05, 0.1) is 16.7 Å². The van der Waals surface area contributed by atoms with Crippen molar-refractivity contribution in [1.82, 2.24) is 4.57 Å². The Morgan fingerprint density at radius 3 is 1.17 bits per heavy atom. The summed E-state index contributed by atoms with van der Waals surface area (Å²) in [6, 6.07) is 68.3. The fourth-order valence-electron chi connectivity index (χ4n) is 8.03. The molecule has 8 aromatic carbocycles. The average molecular weight is 681 g/mol. The standard InChI is InChI=1S/C51H40N2/c1-35-33-36(2)51(37(3)34-35)52(44-27-21-41(22-28-44)38-11-5-4-6-12-38)45-29-23-42(24-30-45)39-17-19-40(20-18-39)43-25-31-46(32-26-43)53-49-15-9-7-13-47(49)48-14-8-10-16-50(48)53/h4-34H,1-3H3. The number of nitrogens with zero attached hydrogens (tertiary/aromatic N) is 2. The third-order valence-electron chi connectivity index (χ3n) is 10.5. The van der Waals surface area contributed by atoms with Crippen LogP contribution in [0.2, 0.25) is 0 Å². The molecule has 2 nitrogen and oxygen atoms in total. The van der Waals surface area contributed by atoms with Gasteiger partial charge in [0, 0.05) is 27.8 Å². The Kier molecular flexibility index (Phi) is 8.21. The van der Waals surface area contributed by atoms with E-state index >= 15 is 0 Å². The molecule has 1 aromatic heterocycles. The van der Waals surface area contributed by atoms with Gasteiger partial charge in [-0.15, -0.1) is 0 Å². The van der Waals surface area contributed by atoms with Crippen molar-refractivity contribution in [3.63, 3.8) is 0 Å². The van der Waals surface area contributed by atoms with Crippen molar-refractivity contribution in [1.29, 1.82) is 0 Å². The minimum Gasteiger partial charge on any atom is -0.310 e. The molecule has 1 heterocycles. The van der Waals surface area contributed by atoms with E-state index in [2.05, 4.69) is 218 Å².